The molecular formula is C27H29N4O4W-. The molecule has 188 valence electrons. The first-order valence-electron chi connectivity index (χ1n) is 11.5. The second-order valence-corrected chi connectivity index (χ2v) is 8.18. The number of hydrogen-bond acceptors (Lipinski definition) is 6. The van der Waals surface area contributed by atoms with Crippen LogP contribution in [-0.2, 0) is 27.6 Å². The number of nitrogens with zero attached hydrogens (tertiary/aromatic N) is 4. The molecule has 0 unspecified atom stereocenters. The molecule has 36 heavy (non-hydrogen) atoms. The summed E-state index contributed by atoms with van der Waals surface area (Å²) < 4.78 is 11.5. The normalized spacial score (nSPS) is 14.3. The Morgan fingerprint density at radius 3 is 2.56 bits per heavy atom. The van der Waals surface area contributed by atoms with Crippen molar-refractivity contribution in [3.8, 4) is 29.9 Å². The predicted molar refractivity (Wildman–Crippen MR) is 136 cm³/mol. The maximum Gasteiger partial charge on any atom is 0.269 e. The van der Waals surface area contributed by atoms with Crippen LogP contribution in [0, 0.1) is 33.8 Å². The Balaban J connectivity index is 0.00000456. The first-order valence-corrected chi connectivity index (χ1v) is 11.5. The molecule has 0 spiro atoms. The van der Waals surface area contributed by atoms with E-state index in [0.29, 0.717) is 35.2 Å². The van der Waals surface area contributed by atoms with Gasteiger partial charge in [0.15, 0.2) is 11.5 Å². The maximum atomic E-state index is 11.0. The number of rotatable bonds is 10. The SMILES string of the molecule is C#CCOc1c(CN2CCC([N-]CC)CC2)cc(/C=C(\C#N)c2ccc([N+](=O)[O-])cc2)cc1OC.[W]. The third-order valence-electron chi connectivity index (χ3n) is 5.89. The number of terminal acetylenes is 1. The van der Waals surface area contributed by atoms with Crippen molar-refractivity contribution in [1.29, 1.82) is 5.26 Å². The van der Waals surface area contributed by atoms with Gasteiger partial charge in [-0.05, 0) is 54.6 Å². The van der Waals surface area contributed by atoms with Crippen molar-refractivity contribution < 1.29 is 35.5 Å². The molecule has 0 aromatic heterocycles. The van der Waals surface area contributed by atoms with E-state index in [1.54, 1.807) is 31.4 Å². The number of methoxy groups -OCH3 is 1. The molecule has 0 N–H and O–H groups in total. The van der Waals surface area contributed by atoms with E-state index in [0.717, 1.165) is 43.6 Å². The average molecular weight is 657 g/mol. The smallest absolute Gasteiger partial charge is 0.269 e. The summed E-state index contributed by atoms with van der Waals surface area (Å²) in [6.45, 7) is 5.53. The number of likely N-dealkylation sites (tertiary alicyclic amines) is 1. The maximum absolute atomic E-state index is 11.0. The minimum atomic E-state index is -0.468. The first kappa shape index (κ1) is 29.1. The Morgan fingerprint density at radius 1 is 1.31 bits per heavy atom. The van der Waals surface area contributed by atoms with Crippen LogP contribution in [0.3, 0.4) is 0 Å². The molecule has 1 heterocycles. The van der Waals surface area contributed by atoms with Crippen molar-refractivity contribution in [1.82, 2.24) is 4.90 Å². The molecule has 0 radical (unpaired) electrons. The van der Waals surface area contributed by atoms with E-state index in [9.17, 15) is 15.4 Å². The molecule has 9 heteroatoms. The fourth-order valence-electron chi connectivity index (χ4n) is 4.18. The number of hydrogen-bond donors (Lipinski definition) is 0. The number of nitro benzene ring substituents is 1. The van der Waals surface area contributed by atoms with Crippen LogP contribution in [0.5, 0.6) is 11.5 Å². The third kappa shape index (κ3) is 7.67. The predicted octanol–water partition coefficient (Wildman–Crippen LogP) is 5.04. The second-order valence-electron chi connectivity index (χ2n) is 8.18. The quantitative estimate of drug-likeness (QED) is 0.117. The van der Waals surface area contributed by atoms with Gasteiger partial charge in [-0.2, -0.15) is 11.8 Å². The van der Waals surface area contributed by atoms with Gasteiger partial charge in [-0.15, -0.1) is 12.5 Å². The molecule has 0 aliphatic carbocycles. The summed E-state index contributed by atoms with van der Waals surface area (Å²) >= 11 is 0. The van der Waals surface area contributed by atoms with Gasteiger partial charge in [-0.3, -0.25) is 15.0 Å². The summed E-state index contributed by atoms with van der Waals surface area (Å²) in [6.07, 6.45) is 9.21. The largest absolute Gasteiger partial charge is 0.660 e. The fraction of sp³-hybridized carbons (Fsp3) is 0.370. The molecule has 1 aliphatic heterocycles. The van der Waals surface area contributed by atoms with Crippen molar-refractivity contribution in [2.75, 3.05) is 33.4 Å². The zero-order chi connectivity index (χ0) is 25.2. The van der Waals surface area contributed by atoms with Gasteiger partial charge in [0.2, 0.25) is 0 Å². The molecule has 2 aromatic carbocycles. The molecule has 1 fully saturated rings. The van der Waals surface area contributed by atoms with E-state index in [1.807, 2.05) is 6.07 Å². The molecule has 3 rings (SSSR count). The number of nitriles is 1. The fourth-order valence-corrected chi connectivity index (χ4v) is 4.18. The van der Waals surface area contributed by atoms with E-state index < -0.39 is 4.92 Å². The molecule has 0 amide bonds. The summed E-state index contributed by atoms with van der Waals surface area (Å²) in [5, 5.41) is 25.4. The van der Waals surface area contributed by atoms with Crippen molar-refractivity contribution in [3.63, 3.8) is 0 Å². The van der Waals surface area contributed by atoms with Crippen LogP contribution in [0.1, 0.15) is 36.5 Å². The van der Waals surface area contributed by atoms with Gasteiger partial charge >= 0.3 is 0 Å². The molecule has 2 aromatic rings. The number of allylic oxidation sites excluding steroid dienone is 1. The van der Waals surface area contributed by atoms with Crippen LogP contribution in [0.4, 0.5) is 5.69 Å². The summed E-state index contributed by atoms with van der Waals surface area (Å²) in [5.74, 6) is 3.62. The summed E-state index contributed by atoms with van der Waals surface area (Å²) in [5.41, 5.74) is 2.62. The van der Waals surface area contributed by atoms with E-state index >= 15 is 0 Å². The van der Waals surface area contributed by atoms with E-state index in [1.165, 1.54) is 12.1 Å². The molecule has 0 bridgehead atoms. The third-order valence-corrected chi connectivity index (χ3v) is 5.89. The van der Waals surface area contributed by atoms with E-state index in [-0.39, 0.29) is 33.4 Å². The van der Waals surface area contributed by atoms with Crippen molar-refractivity contribution in [2.45, 2.75) is 32.4 Å². The minimum absolute atomic E-state index is 0. The Morgan fingerprint density at radius 2 is 2.00 bits per heavy atom. The van der Waals surface area contributed by atoms with Crippen LogP contribution < -0.4 is 9.47 Å². The topological polar surface area (TPSA) is 103 Å². The monoisotopic (exact) mass is 657 g/mol. The van der Waals surface area contributed by atoms with E-state index in [4.69, 9.17) is 15.9 Å². The van der Waals surface area contributed by atoms with Crippen molar-refractivity contribution in [3.05, 3.63) is 68.5 Å². The van der Waals surface area contributed by atoms with Crippen molar-refractivity contribution >= 4 is 17.3 Å². The van der Waals surface area contributed by atoms with E-state index in [2.05, 4.69) is 29.1 Å². The number of nitro groups is 1. The number of piperidine rings is 1. The van der Waals surface area contributed by atoms with Crippen LogP contribution in [0.2, 0.25) is 0 Å². The van der Waals surface area contributed by atoms with Crippen molar-refractivity contribution in [2.24, 2.45) is 0 Å². The Hall–Kier alpha value is -3.16. The Bertz CT molecular complexity index is 1140. The number of ether oxygens (including phenoxy) is 2. The first-order chi connectivity index (χ1) is 17.0. The average Bonchev–Trinajstić information content (AvgIpc) is 2.87. The van der Waals surface area contributed by atoms with Crippen LogP contribution in [-0.4, -0.2) is 49.2 Å². The zero-order valence-electron chi connectivity index (χ0n) is 20.5. The molecule has 8 nitrogen and oxygen atoms in total. The Labute approximate surface area is 226 Å². The Kier molecular flexibility index (Phi) is 11.6. The van der Waals surface area contributed by atoms with Gasteiger partial charge in [0.1, 0.15) is 6.61 Å². The van der Waals surface area contributed by atoms with Gasteiger partial charge < -0.3 is 14.8 Å². The summed E-state index contributed by atoms with van der Waals surface area (Å²) in [7, 11) is 1.56. The van der Waals surface area contributed by atoms with Gasteiger partial charge in [-0.25, -0.2) is 0 Å². The van der Waals surface area contributed by atoms with Gasteiger partial charge in [-0.1, -0.05) is 25.7 Å². The second kappa shape index (κ2) is 14.4. The zero-order valence-corrected chi connectivity index (χ0v) is 23.4. The van der Waals surface area contributed by atoms with Crippen LogP contribution >= 0.6 is 0 Å². The minimum Gasteiger partial charge on any atom is -0.660 e. The van der Waals surface area contributed by atoms with Crippen LogP contribution in [0.15, 0.2) is 36.4 Å². The van der Waals surface area contributed by atoms with Gasteiger partial charge in [0.25, 0.3) is 5.69 Å². The molecule has 0 saturated carbocycles. The molecular weight excluding hydrogens is 628 g/mol. The number of non-ortho nitro benzene ring substituents is 1. The summed E-state index contributed by atoms with van der Waals surface area (Å²) in [4.78, 5) is 12.8. The molecule has 1 aliphatic rings. The molecule has 0 atom stereocenters. The molecule has 1 saturated heterocycles. The number of benzene rings is 2. The van der Waals surface area contributed by atoms with Crippen LogP contribution in [0.25, 0.3) is 17.0 Å². The van der Waals surface area contributed by atoms with Gasteiger partial charge in [0, 0.05) is 45.3 Å². The standard InChI is InChI=1S/C27H29N4O4.W/c1-4-14-35-27-23(19-30-12-10-24(11-13-30)29-5-2)16-20(17-26(27)34-3)15-22(18-28)21-6-8-25(9-7-21)31(32)33;/h1,6-9,15-17,24H,5,10-14,19H2,2-3H3;/q-1;/b22-15+;. The van der Waals surface area contributed by atoms with Gasteiger partial charge in [0.05, 0.1) is 23.7 Å². The summed E-state index contributed by atoms with van der Waals surface area (Å²) in [6, 6.07) is 12.3.